The Morgan fingerprint density at radius 3 is 2.46 bits per heavy atom. The van der Waals surface area contributed by atoms with Crippen molar-refractivity contribution < 1.29 is 19.4 Å². The molecule has 1 heterocycles. The van der Waals surface area contributed by atoms with Gasteiger partial charge >= 0.3 is 0 Å². The number of ether oxygens (including phenoxy) is 1. The van der Waals surface area contributed by atoms with Crippen molar-refractivity contribution in [3.05, 3.63) is 75.6 Å². The molecule has 1 aliphatic rings. The van der Waals surface area contributed by atoms with E-state index in [1.54, 1.807) is 39.3 Å². The van der Waals surface area contributed by atoms with Crippen LogP contribution in [0.15, 0.2) is 46.6 Å². The predicted molar refractivity (Wildman–Crippen MR) is 131 cm³/mol. The molecule has 1 aliphatic carbocycles. The molecular weight excluding hydrogens is 448 g/mol. The number of hydrogen-bond acceptors (Lipinski definition) is 9. The first-order valence-corrected chi connectivity index (χ1v) is 10.7. The number of pyridine rings is 1. The third-order valence-corrected chi connectivity index (χ3v) is 5.62. The van der Waals surface area contributed by atoms with Crippen molar-refractivity contribution in [1.29, 1.82) is 0 Å². The van der Waals surface area contributed by atoms with Gasteiger partial charge in [-0.15, -0.1) is 10.2 Å². The number of nitrogens with one attached hydrogen (secondary N) is 2. The Labute approximate surface area is 201 Å². The number of fused-ring (bicyclic) bond motifs is 2. The second-order valence-corrected chi connectivity index (χ2v) is 7.67. The zero-order chi connectivity index (χ0) is 25.1. The number of benzene rings is 2. The van der Waals surface area contributed by atoms with Crippen molar-refractivity contribution >= 4 is 40.3 Å². The fourth-order valence-corrected chi connectivity index (χ4v) is 3.91. The van der Waals surface area contributed by atoms with Gasteiger partial charge in [0, 0.05) is 31.8 Å². The van der Waals surface area contributed by atoms with E-state index in [9.17, 15) is 14.7 Å². The molecule has 176 valence electrons. The predicted octanol–water partition coefficient (Wildman–Crippen LogP) is 4.94. The van der Waals surface area contributed by atoms with Gasteiger partial charge < -0.3 is 20.5 Å². The number of nitrogens with zero attached hydrogens (tertiary/aromatic N) is 4. The lowest BCUT2D eigenvalue weighted by molar-refractivity contribution is 0.0977. The smallest absolute Gasteiger partial charge is 0.233 e. The van der Waals surface area contributed by atoms with Crippen LogP contribution in [0.1, 0.15) is 37.4 Å². The van der Waals surface area contributed by atoms with Crippen LogP contribution in [-0.4, -0.2) is 49.0 Å². The monoisotopic (exact) mass is 470 g/mol. The molecule has 10 heteroatoms. The van der Waals surface area contributed by atoms with Gasteiger partial charge in [-0.2, -0.15) is 0 Å². The number of rotatable bonds is 7. The molecule has 1 aromatic heterocycles. The Morgan fingerprint density at radius 2 is 1.77 bits per heavy atom. The second-order valence-electron chi connectivity index (χ2n) is 7.67. The van der Waals surface area contributed by atoms with Crippen LogP contribution in [-0.2, 0) is 4.74 Å². The van der Waals surface area contributed by atoms with Crippen LogP contribution in [0, 0.1) is 13.5 Å². The Morgan fingerprint density at radius 1 is 1.06 bits per heavy atom. The molecule has 2 aromatic carbocycles. The number of ketones is 2. The molecule has 0 aliphatic heterocycles. The van der Waals surface area contributed by atoms with Crippen LogP contribution < -0.4 is 10.6 Å². The summed E-state index contributed by atoms with van der Waals surface area (Å²) in [6, 6.07) is 9.12. The van der Waals surface area contributed by atoms with E-state index in [4.69, 9.17) is 11.3 Å². The van der Waals surface area contributed by atoms with Crippen LogP contribution in [0.4, 0.5) is 28.7 Å². The van der Waals surface area contributed by atoms with Crippen molar-refractivity contribution in [1.82, 2.24) is 4.98 Å². The number of carbonyl (C=O) groups is 2. The first-order chi connectivity index (χ1) is 16.9. The fourth-order valence-electron chi connectivity index (χ4n) is 3.91. The zero-order valence-corrected chi connectivity index (χ0v) is 19.3. The van der Waals surface area contributed by atoms with Gasteiger partial charge in [-0.05, 0) is 24.6 Å². The molecule has 0 spiro atoms. The molecule has 0 fully saturated rings. The molecule has 0 unspecified atom stereocenters. The van der Waals surface area contributed by atoms with Crippen LogP contribution in [0.5, 0.6) is 5.75 Å². The topological polar surface area (TPSA) is 130 Å². The van der Waals surface area contributed by atoms with Crippen molar-refractivity contribution in [3.63, 3.8) is 0 Å². The molecule has 3 aromatic rings. The van der Waals surface area contributed by atoms with Gasteiger partial charge in [0.05, 0.1) is 30.0 Å². The largest absolute Gasteiger partial charge is 0.507 e. The number of anilines is 2. The van der Waals surface area contributed by atoms with Crippen molar-refractivity contribution in [2.24, 2.45) is 10.2 Å². The van der Waals surface area contributed by atoms with Crippen LogP contribution in [0.25, 0.3) is 4.85 Å². The van der Waals surface area contributed by atoms with Gasteiger partial charge in [0.15, 0.2) is 17.4 Å². The Balaban J connectivity index is 1.80. The molecule has 0 bridgehead atoms. The first kappa shape index (κ1) is 23.5. The third-order valence-electron chi connectivity index (χ3n) is 5.62. The molecule has 0 saturated heterocycles. The van der Waals surface area contributed by atoms with Crippen molar-refractivity contribution in [3.8, 4) is 5.75 Å². The summed E-state index contributed by atoms with van der Waals surface area (Å²) in [5, 5.41) is 24.9. The summed E-state index contributed by atoms with van der Waals surface area (Å²) in [4.78, 5) is 34.3. The van der Waals surface area contributed by atoms with Gasteiger partial charge in [0.25, 0.3) is 0 Å². The number of phenols is 1. The molecule has 0 amide bonds. The minimum absolute atomic E-state index is 0.0526. The number of carbonyl (C=O) groups excluding carboxylic acids is 2. The van der Waals surface area contributed by atoms with E-state index < -0.39 is 5.78 Å². The Kier molecular flexibility index (Phi) is 6.53. The lowest BCUT2D eigenvalue weighted by Gasteiger charge is -2.19. The standard InChI is InChI=1S/C25H22N6O4/c1-13-20(26-2)25(28-11-12-35-4)29-24(27-3)21(13)31-30-16-9-5-7-14-18(16)23(34)19-15(22(14)33)8-6-10-17(19)32/h5-10,32H,11-12H2,1,3-4H3,(H2,27,28,29). The third kappa shape index (κ3) is 4.09. The van der Waals surface area contributed by atoms with E-state index in [0.29, 0.717) is 36.0 Å². The maximum absolute atomic E-state index is 13.3. The van der Waals surface area contributed by atoms with Gasteiger partial charge in [-0.25, -0.2) is 9.83 Å². The highest BCUT2D eigenvalue weighted by Gasteiger charge is 2.33. The highest BCUT2D eigenvalue weighted by molar-refractivity contribution is 6.30. The molecule has 3 N–H and O–H groups in total. The summed E-state index contributed by atoms with van der Waals surface area (Å²) in [5.74, 6) is -0.380. The van der Waals surface area contributed by atoms with E-state index >= 15 is 0 Å². The first-order valence-electron chi connectivity index (χ1n) is 10.7. The lowest BCUT2D eigenvalue weighted by atomic mass is 9.83. The quantitative estimate of drug-likeness (QED) is 0.198. The average Bonchev–Trinajstić information content (AvgIpc) is 2.86. The minimum atomic E-state index is -0.509. The molecule has 35 heavy (non-hydrogen) atoms. The van der Waals surface area contributed by atoms with Gasteiger partial charge in [-0.1, -0.05) is 24.3 Å². The average molecular weight is 470 g/mol. The van der Waals surface area contributed by atoms with E-state index in [2.05, 4.69) is 30.7 Å². The van der Waals surface area contributed by atoms with E-state index in [1.807, 2.05) is 0 Å². The fraction of sp³-hybridized carbons (Fsp3) is 0.200. The molecule has 0 atom stereocenters. The number of aromatic nitrogens is 1. The van der Waals surface area contributed by atoms with E-state index in [0.717, 1.165) is 0 Å². The second kappa shape index (κ2) is 9.70. The van der Waals surface area contributed by atoms with Crippen LogP contribution in [0.2, 0.25) is 0 Å². The summed E-state index contributed by atoms with van der Waals surface area (Å²) in [7, 11) is 3.25. The van der Waals surface area contributed by atoms with Crippen LogP contribution in [0.3, 0.4) is 0 Å². The Bertz CT molecular complexity index is 1420. The summed E-state index contributed by atoms with van der Waals surface area (Å²) >= 11 is 0. The zero-order valence-electron chi connectivity index (χ0n) is 19.3. The van der Waals surface area contributed by atoms with E-state index in [-0.39, 0.29) is 45.2 Å². The molecule has 10 nitrogen and oxygen atoms in total. The molecule has 0 saturated carbocycles. The van der Waals surface area contributed by atoms with Crippen LogP contribution >= 0.6 is 0 Å². The van der Waals surface area contributed by atoms with E-state index in [1.165, 1.54) is 18.2 Å². The number of azo groups is 1. The van der Waals surface area contributed by atoms with Gasteiger partial charge in [0.2, 0.25) is 5.69 Å². The van der Waals surface area contributed by atoms with Gasteiger partial charge in [-0.3, -0.25) is 9.59 Å². The number of phenolic OH excluding ortho intramolecular Hbond substituents is 1. The summed E-state index contributed by atoms with van der Waals surface area (Å²) in [5.41, 5.74) is 1.67. The molecule has 4 rings (SSSR count). The number of aromatic hydroxyl groups is 1. The number of methoxy groups -OCH3 is 1. The normalized spacial score (nSPS) is 12.3. The lowest BCUT2D eigenvalue weighted by Crippen LogP contribution is -2.21. The SMILES string of the molecule is [C-]#[N+]c1c(NCCOC)nc(NC)c(N=Nc2cccc3c2C(=O)c2c(O)cccc2C3=O)c1C. The summed E-state index contributed by atoms with van der Waals surface area (Å²) in [6.07, 6.45) is 0. The van der Waals surface area contributed by atoms with Gasteiger partial charge in [0.1, 0.15) is 17.3 Å². The highest BCUT2D eigenvalue weighted by Crippen LogP contribution is 2.41. The minimum Gasteiger partial charge on any atom is -0.507 e. The molecular formula is C25H22N6O4. The maximum atomic E-state index is 13.3. The maximum Gasteiger partial charge on any atom is 0.233 e. The number of hydrogen-bond donors (Lipinski definition) is 3. The highest BCUT2D eigenvalue weighted by atomic mass is 16.5. The Hall–Kier alpha value is -4.62. The van der Waals surface area contributed by atoms with Crippen molar-refractivity contribution in [2.75, 3.05) is 37.9 Å². The summed E-state index contributed by atoms with van der Waals surface area (Å²) in [6.45, 7) is 10.2. The summed E-state index contributed by atoms with van der Waals surface area (Å²) < 4.78 is 5.04. The van der Waals surface area contributed by atoms with Crippen molar-refractivity contribution in [2.45, 2.75) is 6.92 Å². The molecule has 0 radical (unpaired) electrons.